The molecule has 118 valence electrons. The van der Waals surface area contributed by atoms with Gasteiger partial charge in [-0.25, -0.2) is 0 Å². The van der Waals surface area contributed by atoms with E-state index in [-0.39, 0.29) is 0 Å². The minimum Gasteiger partial charge on any atom is -0.313 e. The molecule has 1 aliphatic rings. The standard InChI is InChI=1S/C18H29BrN2/c1-4-9-20-12-15-7-8-16(17(19)11-15)13-21-10-5-6-18(21)14(2)3/h7-8,11,14,18,20H,4-6,9-10,12-13H2,1-3H3. The first kappa shape index (κ1) is 17.0. The van der Waals surface area contributed by atoms with Gasteiger partial charge in [0.25, 0.3) is 0 Å². The highest BCUT2D eigenvalue weighted by Gasteiger charge is 2.27. The summed E-state index contributed by atoms with van der Waals surface area (Å²) in [6.45, 7) is 11.3. The first-order valence-electron chi connectivity index (χ1n) is 8.34. The molecule has 0 amide bonds. The summed E-state index contributed by atoms with van der Waals surface area (Å²) in [7, 11) is 0. The van der Waals surface area contributed by atoms with E-state index in [1.54, 1.807) is 0 Å². The molecule has 0 bridgehead atoms. The second-order valence-corrected chi connectivity index (χ2v) is 7.38. The smallest absolute Gasteiger partial charge is 0.0247 e. The summed E-state index contributed by atoms with van der Waals surface area (Å²) in [4.78, 5) is 2.65. The Morgan fingerprint density at radius 3 is 2.86 bits per heavy atom. The molecule has 0 radical (unpaired) electrons. The zero-order chi connectivity index (χ0) is 15.2. The van der Waals surface area contributed by atoms with E-state index in [1.807, 2.05) is 0 Å². The third-order valence-electron chi connectivity index (χ3n) is 4.43. The van der Waals surface area contributed by atoms with E-state index in [1.165, 1.54) is 41.4 Å². The lowest BCUT2D eigenvalue weighted by atomic mass is 10.0. The van der Waals surface area contributed by atoms with Gasteiger partial charge in [-0.3, -0.25) is 4.90 Å². The fraction of sp³-hybridized carbons (Fsp3) is 0.667. The molecule has 1 aromatic carbocycles. The van der Waals surface area contributed by atoms with Gasteiger partial charge in [0.05, 0.1) is 0 Å². The topological polar surface area (TPSA) is 15.3 Å². The van der Waals surface area contributed by atoms with E-state index in [2.05, 4.69) is 65.1 Å². The summed E-state index contributed by atoms with van der Waals surface area (Å²) in [5, 5.41) is 3.46. The zero-order valence-electron chi connectivity index (χ0n) is 13.7. The van der Waals surface area contributed by atoms with Crippen molar-refractivity contribution in [2.75, 3.05) is 13.1 Å². The molecule has 1 aromatic rings. The van der Waals surface area contributed by atoms with E-state index in [0.717, 1.165) is 31.6 Å². The van der Waals surface area contributed by atoms with Crippen LogP contribution >= 0.6 is 15.9 Å². The second kappa shape index (κ2) is 8.30. The van der Waals surface area contributed by atoms with Gasteiger partial charge in [-0.05, 0) is 55.5 Å². The highest BCUT2D eigenvalue weighted by atomic mass is 79.9. The SMILES string of the molecule is CCCNCc1ccc(CN2CCCC2C(C)C)c(Br)c1. The summed E-state index contributed by atoms with van der Waals surface area (Å²) in [5.74, 6) is 0.754. The van der Waals surface area contributed by atoms with Gasteiger partial charge >= 0.3 is 0 Å². The normalized spacial score (nSPS) is 19.6. The van der Waals surface area contributed by atoms with E-state index in [9.17, 15) is 0 Å². The maximum atomic E-state index is 3.77. The number of likely N-dealkylation sites (tertiary alicyclic amines) is 1. The summed E-state index contributed by atoms with van der Waals surface area (Å²) < 4.78 is 1.26. The highest BCUT2D eigenvalue weighted by molar-refractivity contribution is 9.10. The van der Waals surface area contributed by atoms with Gasteiger partial charge < -0.3 is 5.32 Å². The summed E-state index contributed by atoms with van der Waals surface area (Å²) in [6.07, 6.45) is 3.89. The van der Waals surface area contributed by atoms with E-state index in [0.29, 0.717) is 0 Å². The van der Waals surface area contributed by atoms with Crippen LogP contribution in [0.3, 0.4) is 0 Å². The fourth-order valence-corrected chi connectivity index (χ4v) is 3.81. The first-order chi connectivity index (χ1) is 10.1. The number of hydrogen-bond donors (Lipinski definition) is 1. The number of benzene rings is 1. The predicted molar refractivity (Wildman–Crippen MR) is 94.4 cm³/mol. The maximum Gasteiger partial charge on any atom is 0.0247 e. The van der Waals surface area contributed by atoms with Crippen LogP contribution in [0.4, 0.5) is 0 Å². The van der Waals surface area contributed by atoms with Gasteiger partial charge in [0, 0.05) is 23.6 Å². The third-order valence-corrected chi connectivity index (χ3v) is 5.17. The van der Waals surface area contributed by atoms with E-state index < -0.39 is 0 Å². The van der Waals surface area contributed by atoms with Crippen molar-refractivity contribution >= 4 is 15.9 Å². The molecule has 1 fully saturated rings. The molecule has 0 aromatic heterocycles. The maximum absolute atomic E-state index is 3.77. The lowest BCUT2D eigenvalue weighted by molar-refractivity contribution is 0.198. The van der Waals surface area contributed by atoms with Gasteiger partial charge in [-0.2, -0.15) is 0 Å². The lowest BCUT2D eigenvalue weighted by Crippen LogP contribution is -2.32. The van der Waals surface area contributed by atoms with E-state index >= 15 is 0 Å². The highest BCUT2D eigenvalue weighted by Crippen LogP contribution is 2.28. The van der Waals surface area contributed by atoms with Crippen molar-refractivity contribution in [1.29, 1.82) is 0 Å². The molecule has 21 heavy (non-hydrogen) atoms. The average molecular weight is 353 g/mol. The Hall–Kier alpha value is -0.380. The number of halogens is 1. The largest absolute Gasteiger partial charge is 0.313 e. The van der Waals surface area contributed by atoms with Crippen molar-refractivity contribution in [3.63, 3.8) is 0 Å². The fourth-order valence-electron chi connectivity index (χ4n) is 3.26. The molecule has 0 aliphatic carbocycles. The zero-order valence-corrected chi connectivity index (χ0v) is 15.2. The Labute approximate surface area is 138 Å². The van der Waals surface area contributed by atoms with Crippen LogP contribution in [0.2, 0.25) is 0 Å². The van der Waals surface area contributed by atoms with Gasteiger partial charge in [-0.15, -0.1) is 0 Å². The van der Waals surface area contributed by atoms with Crippen LogP contribution in [-0.4, -0.2) is 24.0 Å². The Bertz CT molecular complexity index is 445. The van der Waals surface area contributed by atoms with Crippen LogP contribution in [0.15, 0.2) is 22.7 Å². The van der Waals surface area contributed by atoms with Crippen molar-refractivity contribution < 1.29 is 0 Å². The number of nitrogens with zero attached hydrogens (tertiary/aromatic N) is 1. The Balaban J connectivity index is 1.97. The van der Waals surface area contributed by atoms with Crippen LogP contribution in [0.5, 0.6) is 0 Å². The molecule has 1 heterocycles. The molecule has 3 heteroatoms. The molecular formula is C18H29BrN2. The van der Waals surface area contributed by atoms with Crippen molar-refractivity contribution in [2.45, 2.75) is 59.2 Å². The van der Waals surface area contributed by atoms with Crippen molar-refractivity contribution in [3.8, 4) is 0 Å². The number of hydrogen-bond acceptors (Lipinski definition) is 2. The first-order valence-corrected chi connectivity index (χ1v) is 9.13. The molecule has 2 nitrogen and oxygen atoms in total. The number of nitrogens with one attached hydrogen (secondary N) is 1. The van der Waals surface area contributed by atoms with Gasteiger partial charge in [0.15, 0.2) is 0 Å². The molecule has 0 spiro atoms. The van der Waals surface area contributed by atoms with Crippen LogP contribution in [0.25, 0.3) is 0 Å². The number of rotatable bonds is 7. The monoisotopic (exact) mass is 352 g/mol. The average Bonchev–Trinajstić information content (AvgIpc) is 2.90. The minimum absolute atomic E-state index is 0.753. The molecule has 1 saturated heterocycles. The van der Waals surface area contributed by atoms with Gasteiger partial charge in [0.2, 0.25) is 0 Å². The van der Waals surface area contributed by atoms with Crippen LogP contribution < -0.4 is 5.32 Å². The summed E-state index contributed by atoms with van der Waals surface area (Å²) in [6, 6.07) is 7.59. The van der Waals surface area contributed by atoms with E-state index in [4.69, 9.17) is 0 Å². The van der Waals surface area contributed by atoms with Crippen LogP contribution in [-0.2, 0) is 13.1 Å². The lowest BCUT2D eigenvalue weighted by Gasteiger charge is -2.28. The molecular weight excluding hydrogens is 324 g/mol. The Kier molecular flexibility index (Phi) is 6.72. The molecule has 1 N–H and O–H groups in total. The van der Waals surface area contributed by atoms with Crippen molar-refractivity contribution in [3.05, 3.63) is 33.8 Å². The Morgan fingerprint density at radius 2 is 2.19 bits per heavy atom. The second-order valence-electron chi connectivity index (χ2n) is 6.53. The quantitative estimate of drug-likeness (QED) is 0.723. The third kappa shape index (κ3) is 4.80. The Morgan fingerprint density at radius 1 is 1.38 bits per heavy atom. The molecule has 1 atom stereocenters. The van der Waals surface area contributed by atoms with Gasteiger partial charge in [0.1, 0.15) is 0 Å². The molecule has 1 unspecified atom stereocenters. The summed E-state index contributed by atoms with van der Waals surface area (Å²) >= 11 is 3.77. The van der Waals surface area contributed by atoms with Crippen LogP contribution in [0.1, 0.15) is 51.2 Å². The van der Waals surface area contributed by atoms with Crippen molar-refractivity contribution in [1.82, 2.24) is 10.2 Å². The van der Waals surface area contributed by atoms with Gasteiger partial charge in [-0.1, -0.05) is 48.8 Å². The molecule has 1 aliphatic heterocycles. The minimum atomic E-state index is 0.753. The molecule has 2 rings (SSSR count). The predicted octanol–water partition coefficient (Wildman–Crippen LogP) is 4.57. The van der Waals surface area contributed by atoms with Crippen LogP contribution in [0, 0.1) is 5.92 Å². The van der Waals surface area contributed by atoms with Crippen molar-refractivity contribution in [2.24, 2.45) is 5.92 Å². The summed E-state index contributed by atoms with van der Waals surface area (Å²) in [5.41, 5.74) is 2.78. The molecule has 0 saturated carbocycles.